The molecule has 38 heavy (non-hydrogen) atoms. The molecule has 0 aromatic heterocycles. The van der Waals surface area contributed by atoms with Crippen molar-refractivity contribution in [1.82, 2.24) is 19.2 Å². The van der Waals surface area contributed by atoms with Gasteiger partial charge >= 0.3 is 0 Å². The fourth-order valence-corrected chi connectivity index (χ4v) is 5.39. The Bertz CT molecular complexity index is 1290. The molecular formula is C25H32N6O6S. The maximum Gasteiger partial charge on any atom is 0.277 e. The summed E-state index contributed by atoms with van der Waals surface area (Å²) >= 11 is 0. The van der Waals surface area contributed by atoms with Crippen LogP contribution in [0.3, 0.4) is 0 Å². The summed E-state index contributed by atoms with van der Waals surface area (Å²) in [4.78, 5) is 28.3. The molecule has 2 atom stereocenters. The van der Waals surface area contributed by atoms with Gasteiger partial charge < -0.3 is 25.0 Å². The Morgan fingerprint density at radius 1 is 1.08 bits per heavy atom. The molecule has 4 rings (SSSR count). The largest absolute Gasteiger partial charge is 0.486 e. The lowest BCUT2D eigenvalue weighted by Crippen LogP contribution is -2.57. The quantitative estimate of drug-likeness (QED) is 0.251. The van der Waals surface area contributed by atoms with Crippen LogP contribution in [0.2, 0.25) is 0 Å². The maximum atomic E-state index is 13.5. The van der Waals surface area contributed by atoms with Crippen LogP contribution < -0.4 is 24.7 Å². The maximum absolute atomic E-state index is 13.5. The van der Waals surface area contributed by atoms with Crippen LogP contribution in [0.25, 0.3) is 0 Å². The first-order valence-electron chi connectivity index (χ1n) is 12.2. The lowest BCUT2D eigenvalue weighted by Gasteiger charge is -2.36. The van der Waals surface area contributed by atoms with Crippen molar-refractivity contribution in [3.8, 4) is 11.5 Å². The van der Waals surface area contributed by atoms with Gasteiger partial charge in [-0.3, -0.25) is 15.0 Å². The Hall–Kier alpha value is -3.68. The second kappa shape index (κ2) is 11.8. The topological polar surface area (TPSA) is 167 Å². The average molecular weight is 545 g/mol. The molecule has 2 heterocycles. The summed E-state index contributed by atoms with van der Waals surface area (Å²) in [6.45, 7) is 2.91. The van der Waals surface area contributed by atoms with Crippen LogP contribution in [0.15, 0.2) is 48.5 Å². The summed E-state index contributed by atoms with van der Waals surface area (Å²) in [5.74, 6) is 0.509. The number of nitrogens with two attached hydrogens (primary N) is 1. The Labute approximate surface area is 221 Å². The van der Waals surface area contributed by atoms with Crippen molar-refractivity contribution < 1.29 is 27.5 Å². The number of carbonyl (C=O) groups excluding carboxylic acids is 2. The number of piperazine rings is 1. The Balaban J connectivity index is 1.45. The van der Waals surface area contributed by atoms with Crippen LogP contribution in [0.1, 0.15) is 18.1 Å². The number of amides is 2. The lowest BCUT2D eigenvalue weighted by atomic mass is 10.0. The SMILES string of the molecule is CC(=O)N1CCN(C(=O)C(Cc2cccc(C(=N)N)c2)NS(=O)(=O)NCC2COc3ccccc3O2)CC1. The van der Waals surface area contributed by atoms with E-state index in [-0.39, 0.29) is 31.3 Å². The zero-order chi connectivity index (χ0) is 27.3. The zero-order valence-electron chi connectivity index (χ0n) is 21.1. The normalized spacial score (nSPS) is 18.1. The molecule has 0 aliphatic carbocycles. The molecule has 0 saturated carbocycles. The number of carbonyl (C=O) groups is 2. The molecule has 13 heteroatoms. The van der Waals surface area contributed by atoms with Crippen LogP contribution in [0, 0.1) is 5.41 Å². The molecule has 2 unspecified atom stereocenters. The number of benzene rings is 2. The minimum atomic E-state index is -4.13. The van der Waals surface area contributed by atoms with Gasteiger partial charge in [-0.15, -0.1) is 0 Å². The minimum absolute atomic E-state index is 0.0458. The van der Waals surface area contributed by atoms with E-state index in [9.17, 15) is 18.0 Å². The predicted octanol–water partition coefficient (Wildman–Crippen LogP) is -0.164. The number of para-hydroxylation sites is 2. The third-order valence-electron chi connectivity index (χ3n) is 6.38. The van der Waals surface area contributed by atoms with E-state index in [0.29, 0.717) is 48.8 Å². The van der Waals surface area contributed by atoms with E-state index in [4.69, 9.17) is 20.6 Å². The highest BCUT2D eigenvalue weighted by molar-refractivity contribution is 7.87. The van der Waals surface area contributed by atoms with Gasteiger partial charge in [-0.2, -0.15) is 17.9 Å². The summed E-state index contributed by atoms with van der Waals surface area (Å²) in [5, 5.41) is 7.68. The van der Waals surface area contributed by atoms with Crippen molar-refractivity contribution in [2.45, 2.75) is 25.5 Å². The molecule has 2 aromatic carbocycles. The molecule has 0 bridgehead atoms. The van der Waals surface area contributed by atoms with Crippen molar-refractivity contribution in [2.75, 3.05) is 39.3 Å². The highest BCUT2D eigenvalue weighted by Crippen LogP contribution is 2.30. The van der Waals surface area contributed by atoms with Gasteiger partial charge in [0.15, 0.2) is 11.5 Å². The highest BCUT2D eigenvalue weighted by Gasteiger charge is 2.32. The first-order valence-corrected chi connectivity index (χ1v) is 13.7. The summed E-state index contributed by atoms with van der Waals surface area (Å²) in [7, 11) is -4.13. The van der Waals surface area contributed by atoms with Crippen molar-refractivity contribution in [3.63, 3.8) is 0 Å². The van der Waals surface area contributed by atoms with Gasteiger partial charge in [-0.25, -0.2) is 0 Å². The van der Waals surface area contributed by atoms with Crippen LogP contribution >= 0.6 is 0 Å². The van der Waals surface area contributed by atoms with E-state index in [1.807, 2.05) is 6.07 Å². The molecular weight excluding hydrogens is 512 g/mol. The number of rotatable bonds is 9. The monoisotopic (exact) mass is 544 g/mol. The van der Waals surface area contributed by atoms with Crippen LogP contribution in [0.5, 0.6) is 11.5 Å². The predicted molar refractivity (Wildman–Crippen MR) is 140 cm³/mol. The second-order valence-corrected chi connectivity index (χ2v) is 10.7. The third kappa shape index (κ3) is 7.00. The van der Waals surface area contributed by atoms with Gasteiger partial charge in [0.25, 0.3) is 10.2 Å². The number of nitrogen functional groups attached to an aromatic ring is 1. The van der Waals surface area contributed by atoms with Gasteiger partial charge in [-0.05, 0) is 30.2 Å². The molecule has 12 nitrogen and oxygen atoms in total. The number of nitrogens with zero attached hydrogens (tertiary/aromatic N) is 2. The molecule has 2 aliphatic heterocycles. The van der Waals surface area contributed by atoms with Gasteiger partial charge in [0.05, 0.1) is 6.54 Å². The van der Waals surface area contributed by atoms with Gasteiger partial charge in [0, 0.05) is 38.7 Å². The molecule has 1 fully saturated rings. The molecule has 1 saturated heterocycles. The molecule has 0 radical (unpaired) electrons. The smallest absolute Gasteiger partial charge is 0.277 e. The second-order valence-electron chi connectivity index (χ2n) is 9.17. The Morgan fingerprint density at radius 3 is 2.45 bits per heavy atom. The average Bonchev–Trinajstić information content (AvgIpc) is 2.91. The molecule has 204 valence electrons. The number of amidine groups is 1. The van der Waals surface area contributed by atoms with E-state index in [0.717, 1.165) is 0 Å². The van der Waals surface area contributed by atoms with Gasteiger partial charge in [0.1, 0.15) is 24.6 Å². The van der Waals surface area contributed by atoms with Gasteiger partial charge in [0.2, 0.25) is 11.8 Å². The van der Waals surface area contributed by atoms with E-state index in [1.54, 1.807) is 52.3 Å². The molecule has 2 aromatic rings. The summed E-state index contributed by atoms with van der Waals surface area (Å²) in [5.41, 5.74) is 6.71. The molecule has 0 spiro atoms. The molecule has 2 amide bonds. The first-order chi connectivity index (χ1) is 18.1. The Kier molecular flexibility index (Phi) is 8.49. The van der Waals surface area contributed by atoms with Crippen molar-refractivity contribution >= 4 is 27.9 Å². The fourth-order valence-electron chi connectivity index (χ4n) is 4.34. The van der Waals surface area contributed by atoms with E-state index >= 15 is 0 Å². The molecule has 5 N–H and O–H groups in total. The fraction of sp³-hybridized carbons (Fsp3) is 0.400. The van der Waals surface area contributed by atoms with Crippen LogP contribution in [-0.4, -0.2) is 87.3 Å². The minimum Gasteiger partial charge on any atom is -0.486 e. The van der Waals surface area contributed by atoms with Crippen molar-refractivity contribution in [1.29, 1.82) is 5.41 Å². The van der Waals surface area contributed by atoms with Crippen LogP contribution in [-0.2, 0) is 26.2 Å². The number of fused-ring (bicyclic) bond motifs is 1. The van der Waals surface area contributed by atoms with E-state index in [2.05, 4.69) is 9.44 Å². The summed E-state index contributed by atoms with van der Waals surface area (Å²) in [6, 6.07) is 12.8. The van der Waals surface area contributed by atoms with Crippen molar-refractivity contribution in [3.05, 3.63) is 59.7 Å². The Morgan fingerprint density at radius 2 is 1.76 bits per heavy atom. The first kappa shape index (κ1) is 27.4. The number of ether oxygens (including phenoxy) is 2. The van der Waals surface area contributed by atoms with Crippen LogP contribution in [0.4, 0.5) is 0 Å². The number of hydrogen-bond donors (Lipinski definition) is 4. The highest BCUT2D eigenvalue weighted by atomic mass is 32.2. The van der Waals surface area contributed by atoms with Gasteiger partial charge in [-0.1, -0.05) is 30.3 Å². The number of hydrogen-bond acceptors (Lipinski definition) is 7. The number of nitrogens with one attached hydrogen (secondary N) is 3. The van der Waals surface area contributed by atoms with Crippen molar-refractivity contribution in [2.24, 2.45) is 5.73 Å². The third-order valence-corrected chi connectivity index (χ3v) is 7.52. The summed E-state index contributed by atoms with van der Waals surface area (Å²) < 4.78 is 42.5. The molecule has 2 aliphatic rings. The summed E-state index contributed by atoms with van der Waals surface area (Å²) in [6.07, 6.45) is -0.507. The standard InChI is InChI=1S/C25H32N6O6S/c1-17(32)30-9-11-31(12-10-30)25(33)21(14-18-5-4-6-19(13-18)24(26)27)29-38(34,35)28-15-20-16-36-22-7-2-3-8-23(22)37-20/h2-8,13,20-21,28-29H,9-12,14-16H2,1H3,(H3,26,27). The lowest BCUT2D eigenvalue weighted by molar-refractivity contribution is -0.139. The zero-order valence-corrected chi connectivity index (χ0v) is 21.9. The van der Waals surface area contributed by atoms with E-state index in [1.165, 1.54) is 6.92 Å². The van der Waals surface area contributed by atoms with E-state index < -0.39 is 28.3 Å².